The van der Waals surface area contributed by atoms with E-state index in [1.165, 1.54) is 9.96 Å². The SMILES string of the molecule is C#CCCCCC(O)C(=C)CNC1(c2ccc(-c3nc4ccn5c(=O)[nH]nc5c4cc3-c3ccccc3)cc2)CCC1. The number of aliphatic hydroxyl groups excluding tert-OH is 1. The van der Waals surface area contributed by atoms with E-state index in [1.54, 1.807) is 6.20 Å². The van der Waals surface area contributed by atoms with Gasteiger partial charge in [0, 0.05) is 41.2 Å². The lowest BCUT2D eigenvalue weighted by molar-refractivity contribution is 0.169. The largest absolute Gasteiger partial charge is 0.389 e. The van der Waals surface area contributed by atoms with Crippen LogP contribution in [-0.4, -0.2) is 37.3 Å². The minimum absolute atomic E-state index is 0.122. The second kappa shape index (κ2) is 11.8. The van der Waals surface area contributed by atoms with Crippen LogP contribution in [0, 0.1) is 12.3 Å². The fourth-order valence-electron chi connectivity index (χ4n) is 5.88. The third-order valence-electron chi connectivity index (χ3n) is 8.56. The van der Waals surface area contributed by atoms with E-state index in [1.807, 2.05) is 24.3 Å². The number of aromatic nitrogens is 4. The van der Waals surface area contributed by atoms with Crippen LogP contribution in [0.15, 0.2) is 89.9 Å². The van der Waals surface area contributed by atoms with Gasteiger partial charge in [0.1, 0.15) is 0 Å². The second-order valence-corrected chi connectivity index (χ2v) is 11.2. The van der Waals surface area contributed by atoms with E-state index in [0.717, 1.165) is 77.4 Å². The lowest BCUT2D eigenvalue weighted by Crippen LogP contribution is -2.49. The van der Waals surface area contributed by atoms with Crippen LogP contribution in [0.3, 0.4) is 0 Å². The van der Waals surface area contributed by atoms with Crippen LogP contribution in [0.2, 0.25) is 0 Å². The summed E-state index contributed by atoms with van der Waals surface area (Å²) in [5, 5.41) is 21.9. The Balaban J connectivity index is 1.28. The predicted octanol–water partition coefficient (Wildman–Crippen LogP) is 5.98. The predicted molar refractivity (Wildman–Crippen MR) is 168 cm³/mol. The van der Waals surface area contributed by atoms with E-state index < -0.39 is 6.10 Å². The Morgan fingerprint density at radius 3 is 2.62 bits per heavy atom. The van der Waals surface area contributed by atoms with Crippen LogP contribution >= 0.6 is 0 Å². The molecule has 2 aromatic carbocycles. The Morgan fingerprint density at radius 2 is 1.90 bits per heavy atom. The first-order chi connectivity index (χ1) is 20.5. The van der Waals surface area contributed by atoms with Crippen molar-refractivity contribution in [2.24, 2.45) is 0 Å². The minimum Gasteiger partial charge on any atom is -0.389 e. The van der Waals surface area contributed by atoms with Crippen LogP contribution in [-0.2, 0) is 5.54 Å². The molecule has 212 valence electrons. The molecule has 0 saturated heterocycles. The average Bonchev–Trinajstić information content (AvgIpc) is 3.39. The molecule has 3 aromatic heterocycles. The summed E-state index contributed by atoms with van der Waals surface area (Å²) in [5.74, 6) is 2.65. The normalized spacial score (nSPS) is 14.9. The third-order valence-corrected chi connectivity index (χ3v) is 8.56. The molecule has 0 aliphatic heterocycles. The number of rotatable bonds is 11. The Kier molecular flexibility index (Phi) is 7.75. The maximum absolute atomic E-state index is 12.2. The first-order valence-corrected chi connectivity index (χ1v) is 14.6. The number of nitrogens with zero attached hydrogens (tertiary/aromatic N) is 3. The molecular formula is C35H35N5O2. The van der Waals surface area contributed by atoms with E-state index in [9.17, 15) is 9.90 Å². The Hall–Kier alpha value is -4.51. The molecular weight excluding hydrogens is 522 g/mol. The summed E-state index contributed by atoms with van der Waals surface area (Å²) in [6, 6.07) is 22.8. The molecule has 1 unspecified atom stereocenters. The van der Waals surface area contributed by atoms with Gasteiger partial charge < -0.3 is 10.4 Å². The molecule has 6 rings (SSSR count). The first-order valence-electron chi connectivity index (χ1n) is 14.6. The van der Waals surface area contributed by atoms with E-state index in [-0.39, 0.29) is 11.2 Å². The van der Waals surface area contributed by atoms with Crippen LogP contribution in [0.1, 0.15) is 50.5 Å². The molecule has 0 bridgehead atoms. The Labute approximate surface area is 245 Å². The van der Waals surface area contributed by atoms with Crippen molar-refractivity contribution < 1.29 is 5.11 Å². The maximum atomic E-state index is 12.2. The van der Waals surface area contributed by atoms with Crippen molar-refractivity contribution in [1.82, 2.24) is 24.9 Å². The van der Waals surface area contributed by atoms with Crippen molar-refractivity contribution in [2.75, 3.05) is 6.54 Å². The summed E-state index contributed by atoms with van der Waals surface area (Å²) >= 11 is 0. The van der Waals surface area contributed by atoms with Crippen LogP contribution < -0.4 is 11.0 Å². The van der Waals surface area contributed by atoms with Crippen molar-refractivity contribution in [2.45, 2.75) is 56.6 Å². The molecule has 3 N–H and O–H groups in total. The van der Waals surface area contributed by atoms with E-state index >= 15 is 0 Å². The van der Waals surface area contributed by atoms with Gasteiger partial charge in [-0.3, -0.25) is 0 Å². The quantitative estimate of drug-likeness (QED) is 0.105. The zero-order chi connectivity index (χ0) is 29.1. The van der Waals surface area contributed by atoms with Gasteiger partial charge in [0.25, 0.3) is 0 Å². The van der Waals surface area contributed by atoms with Gasteiger partial charge in [0.15, 0.2) is 5.65 Å². The summed E-state index contributed by atoms with van der Waals surface area (Å²) in [7, 11) is 0. The van der Waals surface area contributed by atoms with E-state index in [2.05, 4.69) is 70.5 Å². The monoisotopic (exact) mass is 557 g/mol. The zero-order valence-electron chi connectivity index (χ0n) is 23.6. The highest BCUT2D eigenvalue weighted by molar-refractivity contribution is 5.98. The molecule has 42 heavy (non-hydrogen) atoms. The number of terminal acetylenes is 1. The van der Waals surface area contributed by atoms with Gasteiger partial charge in [-0.05, 0) is 67.4 Å². The smallest absolute Gasteiger partial charge is 0.347 e. The number of H-pyrrole nitrogens is 1. The number of hydrogen-bond acceptors (Lipinski definition) is 5. The maximum Gasteiger partial charge on any atom is 0.347 e. The fraction of sp³-hybridized carbons (Fsp3) is 0.286. The lowest BCUT2D eigenvalue weighted by Gasteiger charge is -2.44. The van der Waals surface area contributed by atoms with Gasteiger partial charge in [-0.2, -0.15) is 5.10 Å². The number of benzene rings is 2. The summed E-state index contributed by atoms with van der Waals surface area (Å²) in [6.45, 7) is 4.74. The molecule has 7 nitrogen and oxygen atoms in total. The van der Waals surface area contributed by atoms with Gasteiger partial charge in [0.05, 0.1) is 17.3 Å². The van der Waals surface area contributed by atoms with Crippen molar-refractivity contribution in [3.05, 3.63) is 101 Å². The van der Waals surface area contributed by atoms with Gasteiger partial charge in [0.2, 0.25) is 0 Å². The summed E-state index contributed by atoms with van der Waals surface area (Å²) in [4.78, 5) is 17.3. The fourth-order valence-corrected chi connectivity index (χ4v) is 5.88. The van der Waals surface area contributed by atoms with Crippen molar-refractivity contribution >= 4 is 16.6 Å². The molecule has 1 aliphatic carbocycles. The highest BCUT2D eigenvalue weighted by Gasteiger charge is 2.38. The molecule has 3 heterocycles. The van der Waals surface area contributed by atoms with Crippen molar-refractivity contribution in [1.29, 1.82) is 0 Å². The average molecular weight is 558 g/mol. The highest BCUT2D eigenvalue weighted by atomic mass is 16.3. The molecule has 0 radical (unpaired) electrons. The first kappa shape index (κ1) is 27.6. The standard InChI is InChI=1S/C35H35N5O2/c1-3-4-5-9-13-31(41)24(2)23-36-35(19-10-20-35)27-16-14-26(15-17-27)32-28(25-11-7-6-8-12-25)22-29-30(37-32)18-21-40-33(29)38-39-34(40)42/h1,6-8,11-12,14-18,21-22,31,36,41H,2,4-5,9-10,13,19-20,23H2,(H,39,42). The molecule has 7 heteroatoms. The molecule has 5 aromatic rings. The summed E-state index contributed by atoms with van der Waals surface area (Å²) < 4.78 is 1.51. The second-order valence-electron chi connectivity index (χ2n) is 11.2. The highest BCUT2D eigenvalue weighted by Crippen LogP contribution is 2.42. The molecule has 0 spiro atoms. The van der Waals surface area contributed by atoms with Gasteiger partial charge >= 0.3 is 5.69 Å². The Bertz CT molecular complexity index is 1830. The van der Waals surface area contributed by atoms with Gasteiger partial charge in [-0.25, -0.2) is 19.3 Å². The third kappa shape index (κ3) is 5.27. The number of aromatic amines is 1. The van der Waals surface area contributed by atoms with Crippen LogP contribution in [0.5, 0.6) is 0 Å². The lowest BCUT2D eigenvalue weighted by atomic mass is 9.71. The Morgan fingerprint density at radius 1 is 1.12 bits per heavy atom. The zero-order valence-corrected chi connectivity index (χ0v) is 23.6. The van der Waals surface area contributed by atoms with Gasteiger partial charge in [-0.15, -0.1) is 12.3 Å². The molecule has 1 aliphatic rings. The van der Waals surface area contributed by atoms with Gasteiger partial charge in [-0.1, -0.05) is 61.2 Å². The summed E-state index contributed by atoms with van der Waals surface area (Å²) in [6.07, 6.45) is 13.0. The number of nitrogens with one attached hydrogen (secondary N) is 2. The van der Waals surface area contributed by atoms with Crippen LogP contribution in [0.25, 0.3) is 38.9 Å². The number of aliphatic hydroxyl groups is 1. The van der Waals surface area contributed by atoms with E-state index in [4.69, 9.17) is 11.4 Å². The number of hydrogen-bond donors (Lipinski definition) is 3. The number of fused-ring (bicyclic) bond motifs is 3. The van der Waals surface area contributed by atoms with E-state index in [0.29, 0.717) is 18.6 Å². The topological polar surface area (TPSA) is 95.3 Å². The van der Waals surface area contributed by atoms with Crippen molar-refractivity contribution in [3.63, 3.8) is 0 Å². The molecule has 1 fully saturated rings. The summed E-state index contributed by atoms with van der Waals surface area (Å²) in [5.41, 5.74) is 6.89. The molecule has 0 amide bonds. The molecule has 1 saturated carbocycles. The minimum atomic E-state index is -0.522. The number of unbranched alkanes of at least 4 members (excludes halogenated alkanes) is 2. The van der Waals surface area contributed by atoms with Crippen LogP contribution in [0.4, 0.5) is 0 Å². The van der Waals surface area contributed by atoms with Crippen molar-refractivity contribution in [3.8, 4) is 34.7 Å². The number of pyridine rings is 2. The molecule has 1 atom stereocenters.